The fourth-order valence-electron chi connectivity index (χ4n) is 2.27. The number of rotatable bonds is 16. The second kappa shape index (κ2) is 16.6. The SMILES string of the molecule is CCNC(=O)CN(CCN(CC(=O)NCO)CC(=O)NCOC)CC(=O)NCO. The highest BCUT2D eigenvalue weighted by Gasteiger charge is 2.19. The van der Waals surface area contributed by atoms with Gasteiger partial charge in [-0.2, -0.15) is 0 Å². The number of aliphatic hydroxyl groups excluding tert-OH is 2. The van der Waals surface area contributed by atoms with Gasteiger partial charge in [0, 0.05) is 26.7 Å². The van der Waals surface area contributed by atoms with E-state index in [2.05, 4.69) is 21.3 Å². The molecule has 0 saturated heterocycles. The number of ether oxygens (including phenoxy) is 1. The first-order valence-corrected chi connectivity index (χ1v) is 9.08. The Hall–Kier alpha value is -2.32. The van der Waals surface area contributed by atoms with Gasteiger partial charge in [0.2, 0.25) is 23.6 Å². The van der Waals surface area contributed by atoms with Gasteiger partial charge in [0.25, 0.3) is 0 Å². The second-order valence-corrected chi connectivity index (χ2v) is 5.92. The summed E-state index contributed by atoms with van der Waals surface area (Å²) >= 11 is 0. The van der Waals surface area contributed by atoms with Crippen LogP contribution in [0, 0.1) is 0 Å². The Balaban J connectivity index is 4.97. The average molecular weight is 420 g/mol. The molecule has 0 aliphatic heterocycles. The van der Waals surface area contributed by atoms with E-state index in [0.717, 1.165) is 0 Å². The zero-order valence-corrected chi connectivity index (χ0v) is 16.9. The lowest BCUT2D eigenvalue weighted by atomic mass is 10.3. The molecule has 13 nitrogen and oxygen atoms in total. The summed E-state index contributed by atoms with van der Waals surface area (Å²) in [5, 5.41) is 27.2. The second-order valence-electron chi connectivity index (χ2n) is 5.92. The third-order valence-corrected chi connectivity index (χ3v) is 3.54. The summed E-state index contributed by atoms with van der Waals surface area (Å²) < 4.78 is 4.77. The average Bonchev–Trinajstić information content (AvgIpc) is 2.64. The minimum atomic E-state index is -0.535. The van der Waals surface area contributed by atoms with Crippen molar-refractivity contribution in [3.05, 3.63) is 0 Å². The molecule has 0 aromatic heterocycles. The molecule has 0 saturated carbocycles. The molecule has 0 heterocycles. The third kappa shape index (κ3) is 14.3. The number of carbonyl (C=O) groups is 4. The van der Waals surface area contributed by atoms with Gasteiger partial charge in [0.15, 0.2) is 0 Å². The van der Waals surface area contributed by atoms with Crippen LogP contribution in [0.1, 0.15) is 6.92 Å². The molecule has 0 aliphatic carbocycles. The summed E-state index contributed by atoms with van der Waals surface area (Å²) in [5.41, 5.74) is 0. The van der Waals surface area contributed by atoms with E-state index >= 15 is 0 Å². The van der Waals surface area contributed by atoms with Gasteiger partial charge in [-0.05, 0) is 6.92 Å². The lowest BCUT2D eigenvalue weighted by Gasteiger charge is -2.26. The number of methoxy groups -OCH3 is 1. The van der Waals surface area contributed by atoms with Crippen molar-refractivity contribution < 1.29 is 34.1 Å². The van der Waals surface area contributed by atoms with Crippen molar-refractivity contribution in [2.45, 2.75) is 6.92 Å². The van der Waals surface area contributed by atoms with E-state index in [9.17, 15) is 19.2 Å². The molecule has 168 valence electrons. The van der Waals surface area contributed by atoms with Gasteiger partial charge in [-0.25, -0.2) is 0 Å². The lowest BCUT2D eigenvalue weighted by Crippen LogP contribution is -2.49. The minimum absolute atomic E-state index is 0.0140. The first-order valence-electron chi connectivity index (χ1n) is 9.08. The van der Waals surface area contributed by atoms with Crippen molar-refractivity contribution >= 4 is 23.6 Å². The quantitative estimate of drug-likeness (QED) is 0.135. The molecule has 0 unspecified atom stereocenters. The Kier molecular flexibility index (Phi) is 15.3. The van der Waals surface area contributed by atoms with Crippen LogP contribution in [-0.2, 0) is 23.9 Å². The normalized spacial score (nSPS) is 10.7. The van der Waals surface area contributed by atoms with Crippen molar-refractivity contribution in [1.82, 2.24) is 31.1 Å². The van der Waals surface area contributed by atoms with Gasteiger partial charge in [0.1, 0.15) is 20.2 Å². The van der Waals surface area contributed by atoms with Crippen LogP contribution in [0.4, 0.5) is 0 Å². The molecule has 0 rings (SSSR count). The van der Waals surface area contributed by atoms with Crippen LogP contribution in [0.15, 0.2) is 0 Å². The van der Waals surface area contributed by atoms with Crippen molar-refractivity contribution in [3.8, 4) is 0 Å². The number of likely N-dealkylation sites (N-methyl/N-ethyl adjacent to an activating group) is 1. The molecule has 6 N–H and O–H groups in total. The summed E-state index contributed by atoms with van der Waals surface area (Å²) in [6.45, 7) is 1.02. The van der Waals surface area contributed by atoms with Crippen molar-refractivity contribution in [1.29, 1.82) is 0 Å². The fourth-order valence-corrected chi connectivity index (χ4v) is 2.27. The van der Waals surface area contributed by atoms with E-state index in [1.165, 1.54) is 16.9 Å². The highest BCUT2D eigenvalue weighted by Crippen LogP contribution is 1.95. The van der Waals surface area contributed by atoms with Crippen LogP contribution in [-0.4, -0.2) is 117 Å². The Morgan fingerprint density at radius 2 is 1.10 bits per heavy atom. The molecule has 0 fully saturated rings. The Morgan fingerprint density at radius 1 is 0.724 bits per heavy atom. The predicted octanol–water partition coefficient (Wildman–Crippen LogP) is -4.42. The number of carbonyl (C=O) groups excluding carboxylic acids is 4. The van der Waals surface area contributed by atoms with Gasteiger partial charge in [-0.1, -0.05) is 0 Å². The Bertz CT molecular complexity index is 500. The fraction of sp³-hybridized carbons (Fsp3) is 0.750. The lowest BCUT2D eigenvalue weighted by molar-refractivity contribution is -0.129. The molecule has 0 bridgehead atoms. The summed E-state index contributed by atoms with van der Waals surface area (Å²) in [4.78, 5) is 50.4. The van der Waals surface area contributed by atoms with E-state index in [-0.39, 0.29) is 57.8 Å². The predicted molar refractivity (Wildman–Crippen MR) is 102 cm³/mol. The third-order valence-electron chi connectivity index (χ3n) is 3.54. The van der Waals surface area contributed by atoms with Crippen molar-refractivity contribution in [2.75, 3.05) is 73.1 Å². The smallest absolute Gasteiger partial charge is 0.235 e. The number of aliphatic hydroxyl groups is 2. The van der Waals surface area contributed by atoms with E-state index in [4.69, 9.17) is 14.9 Å². The number of amides is 4. The summed E-state index contributed by atoms with van der Waals surface area (Å²) in [6.07, 6.45) is 0. The van der Waals surface area contributed by atoms with E-state index in [0.29, 0.717) is 6.54 Å². The molecule has 0 aliphatic rings. The number of nitrogens with zero attached hydrogens (tertiary/aromatic N) is 2. The molecule has 0 radical (unpaired) electrons. The van der Waals surface area contributed by atoms with Crippen molar-refractivity contribution in [3.63, 3.8) is 0 Å². The van der Waals surface area contributed by atoms with Crippen LogP contribution in [0.25, 0.3) is 0 Å². The van der Waals surface area contributed by atoms with Crippen LogP contribution in [0.5, 0.6) is 0 Å². The molecule has 4 amide bonds. The van der Waals surface area contributed by atoms with Crippen molar-refractivity contribution in [2.24, 2.45) is 0 Å². The summed E-state index contributed by atoms with van der Waals surface area (Å²) in [7, 11) is 1.42. The topological polar surface area (TPSA) is 173 Å². The highest BCUT2D eigenvalue weighted by atomic mass is 16.5. The van der Waals surface area contributed by atoms with Crippen LogP contribution >= 0.6 is 0 Å². The Labute approximate surface area is 169 Å². The molecule has 0 spiro atoms. The zero-order valence-electron chi connectivity index (χ0n) is 16.9. The van der Waals surface area contributed by atoms with Crippen LogP contribution in [0.2, 0.25) is 0 Å². The van der Waals surface area contributed by atoms with Gasteiger partial charge in [-0.3, -0.25) is 29.0 Å². The number of nitrogens with one attached hydrogen (secondary N) is 4. The number of hydrogen-bond donors (Lipinski definition) is 6. The molecular weight excluding hydrogens is 388 g/mol. The van der Waals surface area contributed by atoms with Crippen LogP contribution in [0.3, 0.4) is 0 Å². The molecular formula is C16H32N6O7. The Morgan fingerprint density at radius 3 is 1.45 bits per heavy atom. The molecule has 0 aromatic carbocycles. The zero-order chi connectivity index (χ0) is 22.1. The van der Waals surface area contributed by atoms with Crippen LogP contribution < -0.4 is 21.3 Å². The first-order chi connectivity index (χ1) is 13.9. The summed E-state index contributed by atoms with van der Waals surface area (Å²) in [5.74, 6) is -1.62. The standard InChI is InChI=1S/C16H32N6O7/c1-3-17-13(25)6-21(7-14(26)18-10-23)4-5-22(8-15(27)19-11-24)9-16(28)20-12-29-2/h23-24H,3-12H2,1-2H3,(H,17,25)(H,18,26)(H,19,27)(H,20,28). The largest absolute Gasteiger partial charge is 0.377 e. The molecule has 13 heteroatoms. The van der Waals surface area contributed by atoms with Gasteiger partial charge >= 0.3 is 0 Å². The number of hydrogen-bond acceptors (Lipinski definition) is 9. The molecule has 29 heavy (non-hydrogen) atoms. The highest BCUT2D eigenvalue weighted by molar-refractivity contribution is 5.81. The minimum Gasteiger partial charge on any atom is -0.377 e. The van der Waals surface area contributed by atoms with E-state index in [1.807, 2.05) is 0 Å². The monoisotopic (exact) mass is 420 g/mol. The maximum absolute atomic E-state index is 11.9. The molecule has 0 atom stereocenters. The van der Waals surface area contributed by atoms with Gasteiger partial charge < -0.3 is 36.2 Å². The molecule has 0 aromatic rings. The maximum atomic E-state index is 11.9. The summed E-state index contributed by atoms with van der Waals surface area (Å²) in [6, 6.07) is 0. The first kappa shape index (κ1) is 26.7. The maximum Gasteiger partial charge on any atom is 0.235 e. The van der Waals surface area contributed by atoms with Gasteiger partial charge in [-0.15, -0.1) is 0 Å². The van der Waals surface area contributed by atoms with E-state index < -0.39 is 25.3 Å². The van der Waals surface area contributed by atoms with E-state index in [1.54, 1.807) is 6.92 Å². The van der Waals surface area contributed by atoms with Gasteiger partial charge in [0.05, 0.1) is 26.2 Å².